The molecule has 0 atom stereocenters. The van der Waals surface area contributed by atoms with Crippen molar-refractivity contribution in [3.63, 3.8) is 0 Å². The number of hydrogen-bond donors (Lipinski definition) is 2. The summed E-state index contributed by atoms with van der Waals surface area (Å²) in [5.74, 6) is 1.06. The molecule has 7 heteroatoms. The van der Waals surface area contributed by atoms with Gasteiger partial charge in [0.05, 0.1) is 13.7 Å². The van der Waals surface area contributed by atoms with Gasteiger partial charge in [0.25, 0.3) is 5.91 Å². The maximum atomic E-state index is 12.3. The number of para-hydroxylation sites is 1. The first-order valence-corrected chi connectivity index (χ1v) is 7.74. The summed E-state index contributed by atoms with van der Waals surface area (Å²) in [6.45, 7) is 0.248. The van der Waals surface area contributed by atoms with E-state index in [2.05, 4.69) is 15.5 Å². The van der Waals surface area contributed by atoms with E-state index in [9.17, 15) is 4.79 Å². The van der Waals surface area contributed by atoms with Crippen LogP contribution in [0.5, 0.6) is 5.75 Å². The normalized spacial score (nSPS) is 10.4. The van der Waals surface area contributed by atoms with Crippen molar-refractivity contribution in [1.29, 1.82) is 0 Å². The molecule has 0 fully saturated rings. The Morgan fingerprint density at radius 2 is 2.04 bits per heavy atom. The summed E-state index contributed by atoms with van der Waals surface area (Å²) in [4.78, 5) is 12.3. The molecule has 0 saturated carbocycles. The number of rotatable bonds is 5. The van der Waals surface area contributed by atoms with Crippen molar-refractivity contribution in [3.8, 4) is 11.4 Å². The summed E-state index contributed by atoms with van der Waals surface area (Å²) in [6, 6.07) is 16.6. The number of carbonyl (C=O) groups excluding carboxylic acids is 1. The third-order valence-corrected chi connectivity index (χ3v) is 3.77. The van der Waals surface area contributed by atoms with E-state index in [0.717, 1.165) is 5.69 Å². The largest absolute Gasteiger partial charge is 0.497 e. The zero-order valence-corrected chi connectivity index (χ0v) is 13.8. The number of aromatic amines is 1. The van der Waals surface area contributed by atoms with Crippen LogP contribution in [-0.2, 0) is 6.54 Å². The number of carbonyl (C=O) groups is 1. The molecular formula is C17H16N4O2S. The molecule has 122 valence electrons. The van der Waals surface area contributed by atoms with E-state index in [1.807, 2.05) is 30.3 Å². The van der Waals surface area contributed by atoms with Crippen LogP contribution in [0.25, 0.3) is 5.69 Å². The fourth-order valence-electron chi connectivity index (χ4n) is 2.32. The Kier molecular flexibility index (Phi) is 4.72. The minimum atomic E-state index is -0.206. The van der Waals surface area contributed by atoms with E-state index in [1.165, 1.54) is 0 Å². The molecule has 1 aromatic heterocycles. The molecule has 0 bridgehead atoms. The summed E-state index contributed by atoms with van der Waals surface area (Å²) in [6.07, 6.45) is 0. The summed E-state index contributed by atoms with van der Waals surface area (Å²) in [7, 11) is 1.56. The Labute approximate surface area is 144 Å². The van der Waals surface area contributed by atoms with Crippen LogP contribution < -0.4 is 10.1 Å². The van der Waals surface area contributed by atoms with Crippen LogP contribution >= 0.6 is 12.2 Å². The molecule has 0 spiro atoms. The summed E-state index contributed by atoms with van der Waals surface area (Å²) in [5.41, 5.74) is 1.41. The smallest absolute Gasteiger partial charge is 0.251 e. The minimum absolute atomic E-state index is 0.206. The monoisotopic (exact) mass is 340 g/mol. The molecule has 2 aromatic carbocycles. The van der Waals surface area contributed by atoms with Crippen LogP contribution in [0.4, 0.5) is 0 Å². The Balaban J connectivity index is 1.78. The van der Waals surface area contributed by atoms with E-state index in [1.54, 1.807) is 35.9 Å². The highest BCUT2D eigenvalue weighted by Crippen LogP contribution is 2.13. The number of methoxy groups -OCH3 is 1. The fourth-order valence-corrected chi connectivity index (χ4v) is 2.57. The molecule has 1 heterocycles. The van der Waals surface area contributed by atoms with Gasteiger partial charge in [-0.2, -0.15) is 5.10 Å². The van der Waals surface area contributed by atoms with E-state index in [-0.39, 0.29) is 12.5 Å². The summed E-state index contributed by atoms with van der Waals surface area (Å²) >= 11 is 5.28. The first-order valence-electron chi connectivity index (χ1n) is 7.33. The molecule has 3 rings (SSSR count). The molecule has 24 heavy (non-hydrogen) atoms. The first-order chi connectivity index (χ1) is 11.7. The zero-order chi connectivity index (χ0) is 16.9. The van der Waals surface area contributed by atoms with Crippen LogP contribution in [0.2, 0.25) is 0 Å². The van der Waals surface area contributed by atoms with Gasteiger partial charge in [0.1, 0.15) is 5.75 Å². The highest BCUT2D eigenvalue weighted by molar-refractivity contribution is 7.71. The third kappa shape index (κ3) is 3.36. The van der Waals surface area contributed by atoms with Crippen LogP contribution in [0.1, 0.15) is 16.2 Å². The van der Waals surface area contributed by atoms with E-state index < -0.39 is 0 Å². The van der Waals surface area contributed by atoms with Gasteiger partial charge in [-0.15, -0.1) is 0 Å². The fraction of sp³-hybridized carbons (Fsp3) is 0.118. The summed E-state index contributed by atoms with van der Waals surface area (Å²) in [5, 5.41) is 9.81. The van der Waals surface area contributed by atoms with Gasteiger partial charge < -0.3 is 10.1 Å². The van der Waals surface area contributed by atoms with Crippen molar-refractivity contribution in [2.24, 2.45) is 0 Å². The van der Waals surface area contributed by atoms with E-state index in [4.69, 9.17) is 17.0 Å². The minimum Gasteiger partial charge on any atom is -0.497 e. The second-order valence-electron chi connectivity index (χ2n) is 5.03. The third-order valence-electron chi connectivity index (χ3n) is 3.50. The average molecular weight is 340 g/mol. The number of aromatic nitrogens is 3. The lowest BCUT2D eigenvalue weighted by Crippen LogP contribution is -2.24. The highest BCUT2D eigenvalue weighted by Gasteiger charge is 2.11. The Hall–Kier alpha value is -2.93. The number of hydrogen-bond acceptors (Lipinski definition) is 4. The molecule has 0 saturated heterocycles. The molecule has 0 radical (unpaired) electrons. The highest BCUT2D eigenvalue weighted by atomic mass is 32.1. The van der Waals surface area contributed by atoms with Gasteiger partial charge in [-0.05, 0) is 42.5 Å². The van der Waals surface area contributed by atoms with Crippen molar-refractivity contribution < 1.29 is 9.53 Å². The van der Waals surface area contributed by atoms with Gasteiger partial charge in [0, 0.05) is 11.3 Å². The van der Waals surface area contributed by atoms with Gasteiger partial charge in [0.2, 0.25) is 0 Å². The summed E-state index contributed by atoms with van der Waals surface area (Å²) < 4.78 is 7.40. The number of nitrogens with one attached hydrogen (secondary N) is 2. The lowest BCUT2D eigenvalue weighted by Gasteiger charge is -2.08. The second-order valence-corrected chi connectivity index (χ2v) is 5.42. The molecule has 6 nitrogen and oxygen atoms in total. The van der Waals surface area contributed by atoms with Gasteiger partial charge >= 0.3 is 0 Å². The first kappa shape index (κ1) is 15.9. The SMILES string of the molecule is COc1cccc(C(=O)NCc2n[nH]c(=S)n2-c2ccccc2)c1. The predicted molar refractivity (Wildman–Crippen MR) is 92.9 cm³/mol. The van der Waals surface area contributed by atoms with Gasteiger partial charge in [-0.3, -0.25) is 14.5 Å². The van der Waals surface area contributed by atoms with Crippen LogP contribution in [0, 0.1) is 4.77 Å². The topological polar surface area (TPSA) is 71.9 Å². The predicted octanol–water partition coefficient (Wildman–Crippen LogP) is 2.87. The Bertz CT molecular complexity index is 902. The van der Waals surface area contributed by atoms with Crippen molar-refractivity contribution in [1.82, 2.24) is 20.1 Å². The standard InChI is InChI=1S/C17H16N4O2S/c1-23-14-9-5-6-12(10-14)16(22)18-11-15-19-20-17(24)21(15)13-7-3-2-4-8-13/h2-10H,11H2,1H3,(H,18,22)(H,20,24). The lowest BCUT2D eigenvalue weighted by atomic mass is 10.2. The number of H-pyrrole nitrogens is 1. The van der Waals surface area contributed by atoms with Gasteiger partial charge in [-0.25, -0.2) is 0 Å². The molecule has 0 aliphatic rings. The van der Waals surface area contributed by atoms with Crippen molar-refractivity contribution >= 4 is 18.1 Å². The molecular weight excluding hydrogens is 324 g/mol. The average Bonchev–Trinajstić information content (AvgIpc) is 3.01. The number of nitrogens with zero attached hydrogens (tertiary/aromatic N) is 2. The lowest BCUT2D eigenvalue weighted by molar-refractivity contribution is 0.0949. The number of ether oxygens (including phenoxy) is 1. The molecule has 1 amide bonds. The van der Waals surface area contributed by atoms with E-state index >= 15 is 0 Å². The van der Waals surface area contributed by atoms with Gasteiger partial charge in [0.15, 0.2) is 10.6 Å². The van der Waals surface area contributed by atoms with Gasteiger partial charge in [-0.1, -0.05) is 24.3 Å². The Morgan fingerprint density at radius 3 is 2.79 bits per heavy atom. The van der Waals surface area contributed by atoms with Crippen molar-refractivity contribution in [2.45, 2.75) is 6.54 Å². The maximum Gasteiger partial charge on any atom is 0.251 e. The molecule has 2 N–H and O–H groups in total. The Morgan fingerprint density at radius 1 is 1.25 bits per heavy atom. The second kappa shape index (κ2) is 7.10. The quantitative estimate of drug-likeness (QED) is 0.701. The van der Waals surface area contributed by atoms with Crippen LogP contribution in [-0.4, -0.2) is 27.8 Å². The molecule has 0 aliphatic heterocycles. The maximum absolute atomic E-state index is 12.3. The molecule has 0 unspecified atom stereocenters. The van der Waals surface area contributed by atoms with Crippen LogP contribution in [0.15, 0.2) is 54.6 Å². The van der Waals surface area contributed by atoms with E-state index in [0.29, 0.717) is 21.9 Å². The van der Waals surface area contributed by atoms with Crippen LogP contribution in [0.3, 0.4) is 0 Å². The van der Waals surface area contributed by atoms with Crippen molar-refractivity contribution in [2.75, 3.05) is 7.11 Å². The van der Waals surface area contributed by atoms with Crippen molar-refractivity contribution in [3.05, 3.63) is 70.8 Å². The molecule has 3 aromatic rings. The number of amides is 1. The molecule has 0 aliphatic carbocycles. The number of benzene rings is 2. The zero-order valence-electron chi connectivity index (χ0n) is 13.0.